The zero-order valence-electron chi connectivity index (χ0n) is 13.7. The van der Waals surface area contributed by atoms with E-state index in [4.69, 9.17) is 10.00 Å². The number of benzene rings is 2. The van der Waals surface area contributed by atoms with Crippen molar-refractivity contribution < 1.29 is 4.74 Å². The number of hydrogen-bond donors (Lipinski definition) is 0. The third kappa shape index (κ3) is 3.81. The summed E-state index contributed by atoms with van der Waals surface area (Å²) in [7, 11) is 0. The van der Waals surface area contributed by atoms with Crippen LogP contribution >= 0.6 is 0 Å². The molecule has 1 aliphatic carbocycles. The first-order valence-electron chi connectivity index (χ1n) is 8.52. The molecule has 2 heteroatoms. The average Bonchev–Trinajstić information content (AvgIpc) is 2.63. The van der Waals surface area contributed by atoms with E-state index in [0.29, 0.717) is 17.6 Å². The third-order valence-electron chi connectivity index (χ3n) is 4.81. The summed E-state index contributed by atoms with van der Waals surface area (Å²) in [5, 5.41) is 8.87. The van der Waals surface area contributed by atoms with Gasteiger partial charge in [-0.1, -0.05) is 36.4 Å². The van der Waals surface area contributed by atoms with Gasteiger partial charge in [-0.05, 0) is 67.3 Å². The maximum Gasteiger partial charge on any atom is 0.0991 e. The lowest BCUT2D eigenvalue weighted by molar-refractivity contribution is 0.0328. The fourth-order valence-electron chi connectivity index (χ4n) is 3.48. The van der Waals surface area contributed by atoms with Crippen LogP contribution in [0.4, 0.5) is 0 Å². The van der Waals surface area contributed by atoms with Crippen molar-refractivity contribution in [3.8, 4) is 17.2 Å². The Labute approximate surface area is 138 Å². The summed E-state index contributed by atoms with van der Waals surface area (Å²) in [5.41, 5.74) is 4.52. The molecule has 1 fully saturated rings. The lowest BCUT2D eigenvalue weighted by atomic mass is 9.82. The van der Waals surface area contributed by atoms with Gasteiger partial charge < -0.3 is 4.74 Å². The predicted molar refractivity (Wildman–Crippen MR) is 93.2 cm³/mol. The molecule has 2 aromatic carbocycles. The molecule has 0 atom stereocenters. The fraction of sp³-hybridized carbons (Fsp3) is 0.381. The van der Waals surface area contributed by atoms with Crippen molar-refractivity contribution in [3.05, 3.63) is 59.7 Å². The minimum Gasteiger partial charge on any atom is -0.379 e. The van der Waals surface area contributed by atoms with Crippen molar-refractivity contribution in [2.24, 2.45) is 0 Å². The van der Waals surface area contributed by atoms with Gasteiger partial charge in [0.25, 0.3) is 0 Å². The largest absolute Gasteiger partial charge is 0.379 e. The van der Waals surface area contributed by atoms with Crippen LogP contribution in [0.3, 0.4) is 0 Å². The zero-order chi connectivity index (χ0) is 16.1. The molecule has 2 aromatic rings. The van der Waals surface area contributed by atoms with E-state index in [1.165, 1.54) is 36.8 Å². The van der Waals surface area contributed by atoms with E-state index >= 15 is 0 Å². The Morgan fingerprint density at radius 2 is 1.48 bits per heavy atom. The van der Waals surface area contributed by atoms with Gasteiger partial charge in [0.05, 0.1) is 17.7 Å². The van der Waals surface area contributed by atoms with Crippen LogP contribution in [0, 0.1) is 11.3 Å². The summed E-state index contributed by atoms with van der Waals surface area (Å²) in [6.45, 7) is 2.91. The first-order valence-corrected chi connectivity index (χ1v) is 8.52. The van der Waals surface area contributed by atoms with E-state index in [-0.39, 0.29) is 0 Å². The summed E-state index contributed by atoms with van der Waals surface area (Å²) in [4.78, 5) is 0. The van der Waals surface area contributed by atoms with Crippen LogP contribution < -0.4 is 0 Å². The molecule has 118 valence electrons. The van der Waals surface area contributed by atoms with Gasteiger partial charge in [0.2, 0.25) is 0 Å². The first kappa shape index (κ1) is 15.8. The van der Waals surface area contributed by atoms with E-state index in [1.54, 1.807) is 0 Å². The van der Waals surface area contributed by atoms with Crippen LogP contribution in [0.2, 0.25) is 0 Å². The van der Waals surface area contributed by atoms with Crippen LogP contribution in [-0.2, 0) is 4.74 Å². The Kier molecular flexibility index (Phi) is 5.10. The molecule has 3 rings (SSSR count). The van der Waals surface area contributed by atoms with Crippen molar-refractivity contribution >= 4 is 0 Å². The van der Waals surface area contributed by atoms with Crippen molar-refractivity contribution in [1.29, 1.82) is 5.26 Å². The van der Waals surface area contributed by atoms with Crippen molar-refractivity contribution in [2.75, 3.05) is 6.61 Å². The average molecular weight is 305 g/mol. The number of nitrogens with zero attached hydrogens (tertiary/aromatic N) is 1. The molecule has 0 aliphatic heterocycles. The molecule has 0 radical (unpaired) electrons. The Hall–Kier alpha value is -2.11. The number of hydrogen-bond acceptors (Lipinski definition) is 2. The quantitative estimate of drug-likeness (QED) is 0.769. The molecule has 1 saturated carbocycles. The first-order chi connectivity index (χ1) is 11.3. The summed E-state index contributed by atoms with van der Waals surface area (Å²) < 4.78 is 5.74. The van der Waals surface area contributed by atoms with Crippen LogP contribution in [0.15, 0.2) is 48.5 Å². The van der Waals surface area contributed by atoms with Gasteiger partial charge in [0.15, 0.2) is 0 Å². The lowest BCUT2D eigenvalue weighted by Gasteiger charge is -2.28. The molecule has 0 saturated heterocycles. The normalized spacial score (nSPS) is 20.9. The summed E-state index contributed by atoms with van der Waals surface area (Å²) in [6.07, 6.45) is 5.27. The maximum atomic E-state index is 8.87. The van der Waals surface area contributed by atoms with Gasteiger partial charge in [-0.3, -0.25) is 0 Å². The Bertz CT molecular complexity index is 658. The van der Waals surface area contributed by atoms with E-state index in [0.717, 1.165) is 12.2 Å². The van der Waals surface area contributed by atoms with E-state index in [2.05, 4.69) is 37.3 Å². The minimum absolute atomic E-state index is 0.467. The molecular weight excluding hydrogens is 282 g/mol. The van der Waals surface area contributed by atoms with Gasteiger partial charge in [-0.25, -0.2) is 0 Å². The topological polar surface area (TPSA) is 33.0 Å². The van der Waals surface area contributed by atoms with E-state index in [1.807, 2.05) is 24.3 Å². The molecule has 1 aliphatic rings. The molecule has 2 nitrogen and oxygen atoms in total. The third-order valence-corrected chi connectivity index (χ3v) is 4.81. The minimum atomic E-state index is 0.467. The maximum absolute atomic E-state index is 8.87. The highest BCUT2D eigenvalue weighted by atomic mass is 16.5. The van der Waals surface area contributed by atoms with Gasteiger partial charge >= 0.3 is 0 Å². The molecule has 0 amide bonds. The zero-order valence-corrected chi connectivity index (χ0v) is 13.7. The fourth-order valence-corrected chi connectivity index (χ4v) is 3.48. The predicted octanol–water partition coefficient (Wildman–Crippen LogP) is 5.29. The molecule has 0 bridgehead atoms. The lowest BCUT2D eigenvalue weighted by Crippen LogP contribution is -2.20. The van der Waals surface area contributed by atoms with E-state index < -0.39 is 0 Å². The second-order valence-electron chi connectivity index (χ2n) is 6.24. The van der Waals surface area contributed by atoms with Crippen LogP contribution in [0.1, 0.15) is 49.7 Å². The molecule has 0 heterocycles. The number of nitriles is 1. The second-order valence-corrected chi connectivity index (χ2v) is 6.24. The molecule has 0 spiro atoms. The molecule has 0 aromatic heterocycles. The van der Waals surface area contributed by atoms with Crippen LogP contribution in [-0.4, -0.2) is 12.7 Å². The highest BCUT2D eigenvalue weighted by molar-refractivity contribution is 5.64. The van der Waals surface area contributed by atoms with Crippen LogP contribution in [0.25, 0.3) is 11.1 Å². The summed E-state index contributed by atoms with van der Waals surface area (Å²) in [5.74, 6) is 0.668. The standard InChI is InChI=1S/C21H23NO/c1-2-23-21-13-11-20(12-14-21)19-9-7-18(8-10-19)17-5-3-16(15-22)4-6-17/h3-10,20-21H,2,11-14H2,1H3. The van der Waals surface area contributed by atoms with Crippen molar-refractivity contribution in [1.82, 2.24) is 0 Å². The summed E-state index contributed by atoms with van der Waals surface area (Å²) in [6, 6.07) is 18.9. The molecular formula is C21H23NO. The SMILES string of the molecule is CCOC1CCC(c2ccc(-c3ccc(C#N)cc3)cc2)CC1. The molecule has 0 N–H and O–H groups in total. The van der Waals surface area contributed by atoms with Gasteiger partial charge in [0, 0.05) is 6.61 Å². The Balaban J connectivity index is 1.66. The van der Waals surface area contributed by atoms with Crippen LogP contribution in [0.5, 0.6) is 0 Å². The second kappa shape index (κ2) is 7.44. The highest BCUT2D eigenvalue weighted by Crippen LogP contribution is 2.34. The molecule has 23 heavy (non-hydrogen) atoms. The monoisotopic (exact) mass is 305 g/mol. The highest BCUT2D eigenvalue weighted by Gasteiger charge is 2.22. The Morgan fingerprint density at radius 1 is 0.913 bits per heavy atom. The van der Waals surface area contributed by atoms with Gasteiger partial charge in [-0.2, -0.15) is 5.26 Å². The number of ether oxygens (including phenoxy) is 1. The van der Waals surface area contributed by atoms with Gasteiger partial charge in [0.1, 0.15) is 0 Å². The Morgan fingerprint density at radius 3 is 2.00 bits per heavy atom. The van der Waals surface area contributed by atoms with E-state index in [9.17, 15) is 0 Å². The van der Waals surface area contributed by atoms with Gasteiger partial charge in [-0.15, -0.1) is 0 Å². The summed E-state index contributed by atoms with van der Waals surface area (Å²) >= 11 is 0. The van der Waals surface area contributed by atoms with Crippen molar-refractivity contribution in [2.45, 2.75) is 44.6 Å². The smallest absolute Gasteiger partial charge is 0.0991 e. The molecule has 0 unspecified atom stereocenters. The number of rotatable bonds is 4. The van der Waals surface area contributed by atoms with Crippen molar-refractivity contribution in [3.63, 3.8) is 0 Å².